The molecule has 0 aliphatic carbocycles. The molecule has 0 saturated carbocycles. The number of aromatic nitrogens is 3. The van der Waals surface area contributed by atoms with Crippen LogP contribution in [0.5, 0.6) is 0 Å². The lowest BCUT2D eigenvalue weighted by Gasteiger charge is -2.04. The Morgan fingerprint density at radius 3 is 3.06 bits per heavy atom. The smallest absolute Gasteiger partial charge is 0.269 e. The van der Waals surface area contributed by atoms with Crippen LogP contribution in [0.4, 0.5) is 5.69 Å². The van der Waals surface area contributed by atoms with Crippen LogP contribution in [0.3, 0.4) is 0 Å². The van der Waals surface area contributed by atoms with Crippen molar-refractivity contribution in [2.75, 3.05) is 12.4 Å². The number of hydrogen-bond acceptors (Lipinski definition) is 6. The van der Waals surface area contributed by atoms with Gasteiger partial charge in [0.1, 0.15) is 5.69 Å². The SMILES string of the molecule is CNC(=O)c1cc(NCc2ncon2)ccn1. The highest BCUT2D eigenvalue weighted by Crippen LogP contribution is 2.08. The normalized spacial score (nSPS) is 9.94. The van der Waals surface area contributed by atoms with E-state index in [0.717, 1.165) is 5.69 Å². The van der Waals surface area contributed by atoms with Gasteiger partial charge in [-0.15, -0.1) is 0 Å². The maximum atomic E-state index is 11.4. The van der Waals surface area contributed by atoms with Crippen LogP contribution in [0.25, 0.3) is 0 Å². The van der Waals surface area contributed by atoms with Crippen LogP contribution in [0, 0.1) is 0 Å². The first-order valence-corrected chi connectivity index (χ1v) is 4.97. The highest BCUT2D eigenvalue weighted by atomic mass is 16.5. The molecule has 0 aliphatic rings. The molecule has 7 heteroatoms. The minimum Gasteiger partial charge on any atom is -0.377 e. The second-order valence-electron chi connectivity index (χ2n) is 3.21. The van der Waals surface area contributed by atoms with Crippen LogP contribution < -0.4 is 10.6 Å². The van der Waals surface area contributed by atoms with Crippen LogP contribution in [-0.4, -0.2) is 28.1 Å². The Morgan fingerprint density at radius 2 is 2.35 bits per heavy atom. The van der Waals surface area contributed by atoms with Gasteiger partial charge >= 0.3 is 0 Å². The molecule has 2 aromatic heterocycles. The van der Waals surface area contributed by atoms with Crippen molar-refractivity contribution in [1.82, 2.24) is 20.4 Å². The lowest BCUT2D eigenvalue weighted by molar-refractivity contribution is 0.0958. The van der Waals surface area contributed by atoms with Gasteiger partial charge in [-0.25, -0.2) is 0 Å². The molecule has 0 unspecified atom stereocenters. The molecule has 88 valence electrons. The van der Waals surface area contributed by atoms with Crippen molar-refractivity contribution >= 4 is 11.6 Å². The number of carbonyl (C=O) groups excluding carboxylic acids is 1. The highest BCUT2D eigenvalue weighted by molar-refractivity contribution is 5.92. The molecule has 0 radical (unpaired) electrons. The third-order valence-corrected chi connectivity index (χ3v) is 2.08. The first-order chi connectivity index (χ1) is 8.29. The molecule has 2 aromatic rings. The predicted octanol–water partition coefficient (Wildman–Crippen LogP) is 0.436. The molecule has 0 aromatic carbocycles. The van der Waals surface area contributed by atoms with Gasteiger partial charge in [-0.3, -0.25) is 9.78 Å². The fourth-order valence-corrected chi connectivity index (χ4v) is 1.24. The highest BCUT2D eigenvalue weighted by Gasteiger charge is 2.05. The van der Waals surface area contributed by atoms with Crippen molar-refractivity contribution in [3.8, 4) is 0 Å². The van der Waals surface area contributed by atoms with E-state index in [4.69, 9.17) is 0 Å². The summed E-state index contributed by atoms with van der Waals surface area (Å²) >= 11 is 0. The first-order valence-electron chi connectivity index (χ1n) is 4.97. The number of hydrogen-bond donors (Lipinski definition) is 2. The molecule has 2 N–H and O–H groups in total. The maximum absolute atomic E-state index is 11.4. The summed E-state index contributed by atoms with van der Waals surface area (Å²) in [5.41, 5.74) is 1.12. The Hall–Kier alpha value is -2.44. The van der Waals surface area contributed by atoms with Crippen LogP contribution >= 0.6 is 0 Å². The van der Waals surface area contributed by atoms with Gasteiger partial charge in [0.05, 0.1) is 6.54 Å². The lowest BCUT2D eigenvalue weighted by Crippen LogP contribution is -2.19. The summed E-state index contributed by atoms with van der Waals surface area (Å²) in [6.45, 7) is 0.424. The van der Waals surface area contributed by atoms with Crippen molar-refractivity contribution in [3.63, 3.8) is 0 Å². The van der Waals surface area contributed by atoms with Crippen LogP contribution in [-0.2, 0) is 6.54 Å². The number of nitrogens with zero attached hydrogens (tertiary/aromatic N) is 3. The molecule has 17 heavy (non-hydrogen) atoms. The Bertz CT molecular complexity index is 497. The number of amides is 1. The van der Waals surface area contributed by atoms with Crippen molar-refractivity contribution in [1.29, 1.82) is 0 Å². The molecule has 0 atom stereocenters. The Balaban J connectivity index is 2.03. The molecule has 2 heterocycles. The van der Waals surface area contributed by atoms with Crippen LogP contribution in [0.2, 0.25) is 0 Å². The number of pyridine rings is 1. The summed E-state index contributed by atoms with van der Waals surface area (Å²) in [6.07, 6.45) is 2.82. The van der Waals surface area contributed by atoms with Gasteiger partial charge in [0, 0.05) is 18.9 Å². The zero-order chi connectivity index (χ0) is 12.1. The van der Waals surface area contributed by atoms with E-state index in [0.29, 0.717) is 18.1 Å². The zero-order valence-corrected chi connectivity index (χ0v) is 9.17. The molecule has 2 rings (SSSR count). The summed E-state index contributed by atoms with van der Waals surface area (Å²) in [5.74, 6) is 0.316. The van der Waals surface area contributed by atoms with Crippen LogP contribution in [0.15, 0.2) is 29.2 Å². The summed E-state index contributed by atoms with van der Waals surface area (Å²) < 4.78 is 4.60. The minimum absolute atomic E-state index is 0.229. The second kappa shape index (κ2) is 5.06. The molecule has 0 fully saturated rings. The van der Waals surface area contributed by atoms with Gasteiger partial charge in [-0.05, 0) is 12.1 Å². The molecular formula is C10H11N5O2. The van der Waals surface area contributed by atoms with E-state index < -0.39 is 0 Å². The van der Waals surface area contributed by atoms with E-state index in [1.807, 2.05) is 0 Å². The average molecular weight is 233 g/mol. The Morgan fingerprint density at radius 1 is 1.47 bits per heavy atom. The summed E-state index contributed by atoms with van der Waals surface area (Å²) in [4.78, 5) is 19.2. The Labute approximate surface area is 97.2 Å². The third kappa shape index (κ3) is 2.77. The molecule has 0 spiro atoms. The van der Waals surface area contributed by atoms with E-state index in [9.17, 15) is 4.79 Å². The second-order valence-corrected chi connectivity index (χ2v) is 3.21. The quantitative estimate of drug-likeness (QED) is 0.795. The lowest BCUT2D eigenvalue weighted by atomic mass is 10.3. The zero-order valence-electron chi connectivity index (χ0n) is 9.17. The Kier molecular flexibility index (Phi) is 3.29. The third-order valence-electron chi connectivity index (χ3n) is 2.08. The van der Waals surface area contributed by atoms with Gasteiger partial charge < -0.3 is 15.2 Å². The topological polar surface area (TPSA) is 92.9 Å². The van der Waals surface area contributed by atoms with Gasteiger partial charge in [0.15, 0.2) is 5.82 Å². The maximum Gasteiger partial charge on any atom is 0.269 e. The van der Waals surface area contributed by atoms with E-state index in [1.165, 1.54) is 6.39 Å². The molecule has 0 aliphatic heterocycles. The molecular weight excluding hydrogens is 222 g/mol. The first kappa shape index (κ1) is 11.1. The van der Waals surface area contributed by atoms with Crippen molar-refractivity contribution in [3.05, 3.63) is 36.2 Å². The number of anilines is 1. The summed E-state index contributed by atoms with van der Waals surface area (Å²) in [7, 11) is 1.56. The van der Waals surface area contributed by atoms with Crippen molar-refractivity contribution < 1.29 is 9.32 Å². The van der Waals surface area contributed by atoms with Gasteiger partial charge in [0.2, 0.25) is 6.39 Å². The number of rotatable bonds is 4. The number of carbonyl (C=O) groups is 1. The van der Waals surface area contributed by atoms with Gasteiger partial charge in [0.25, 0.3) is 5.91 Å². The summed E-state index contributed by atoms with van der Waals surface area (Å²) in [6, 6.07) is 3.41. The van der Waals surface area contributed by atoms with E-state index in [2.05, 4.69) is 30.3 Å². The fourth-order valence-electron chi connectivity index (χ4n) is 1.24. The molecule has 1 amide bonds. The summed E-state index contributed by atoms with van der Waals surface area (Å²) in [5, 5.41) is 9.23. The van der Waals surface area contributed by atoms with E-state index in [1.54, 1.807) is 25.4 Å². The molecule has 0 bridgehead atoms. The minimum atomic E-state index is -0.229. The van der Waals surface area contributed by atoms with Crippen molar-refractivity contribution in [2.45, 2.75) is 6.54 Å². The average Bonchev–Trinajstić information content (AvgIpc) is 2.89. The van der Waals surface area contributed by atoms with Crippen LogP contribution in [0.1, 0.15) is 16.3 Å². The molecule has 7 nitrogen and oxygen atoms in total. The fraction of sp³-hybridized carbons (Fsp3) is 0.200. The van der Waals surface area contributed by atoms with E-state index >= 15 is 0 Å². The predicted molar refractivity (Wildman–Crippen MR) is 59.3 cm³/mol. The number of nitrogens with one attached hydrogen (secondary N) is 2. The standard InChI is InChI=1S/C10H11N5O2/c1-11-10(16)8-4-7(2-3-12-8)13-5-9-14-6-17-15-9/h2-4,6H,5H2,1H3,(H,11,16)(H,12,13). The molecule has 0 saturated heterocycles. The van der Waals surface area contributed by atoms with E-state index in [-0.39, 0.29) is 5.91 Å². The monoisotopic (exact) mass is 233 g/mol. The van der Waals surface area contributed by atoms with Crippen molar-refractivity contribution in [2.24, 2.45) is 0 Å². The largest absolute Gasteiger partial charge is 0.377 e. The van der Waals surface area contributed by atoms with Gasteiger partial charge in [-0.2, -0.15) is 4.98 Å². The van der Waals surface area contributed by atoms with Gasteiger partial charge in [-0.1, -0.05) is 5.16 Å².